The number of pyridine rings is 1. The molecule has 3 rings (SSSR count). The standard InChI is InChI=1S/C17H28N4/c1-2-18-17-14-16(6-9-19-17)21-12-7-15(8-13-21)20-10-4-3-5-11-20/h6,9,14-15H,2-5,7-8,10-13H2,1H3,(H,18,19). The van der Waals surface area contributed by atoms with E-state index in [0.717, 1.165) is 18.4 Å². The Morgan fingerprint density at radius 2 is 1.90 bits per heavy atom. The van der Waals surface area contributed by atoms with E-state index in [0.29, 0.717) is 0 Å². The van der Waals surface area contributed by atoms with Crippen LogP contribution in [0.25, 0.3) is 0 Å². The van der Waals surface area contributed by atoms with E-state index in [9.17, 15) is 0 Å². The first kappa shape index (κ1) is 14.6. The lowest BCUT2D eigenvalue weighted by Crippen LogP contribution is -2.46. The van der Waals surface area contributed by atoms with Gasteiger partial charge in [-0.15, -0.1) is 0 Å². The van der Waals surface area contributed by atoms with Gasteiger partial charge in [0.05, 0.1) is 0 Å². The van der Waals surface area contributed by atoms with Crippen molar-refractivity contribution in [1.82, 2.24) is 9.88 Å². The molecule has 0 atom stereocenters. The van der Waals surface area contributed by atoms with Crippen LogP contribution in [0.2, 0.25) is 0 Å². The van der Waals surface area contributed by atoms with Gasteiger partial charge in [-0.05, 0) is 51.8 Å². The molecular formula is C17H28N4. The number of likely N-dealkylation sites (tertiary alicyclic amines) is 1. The van der Waals surface area contributed by atoms with Crippen LogP contribution in [0, 0.1) is 0 Å². The van der Waals surface area contributed by atoms with E-state index in [2.05, 4.69) is 39.2 Å². The summed E-state index contributed by atoms with van der Waals surface area (Å²) in [5.74, 6) is 0.994. The summed E-state index contributed by atoms with van der Waals surface area (Å²) < 4.78 is 0. The van der Waals surface area contributed by atoms with Gasteiger partial charge < -0.3 is 15.1 Å². The van der Waals surface area contributed by atoms with Gasteiger partial charge >= 0.3 is 0 Å². The Balaban J connectivity index is 1.56. The number of anilines is 2. The van der Waals surface area contributed by atoms with E-state index >= 15 is 0 Å². The number of hydrogen-bond donors (Lipinski definition) is 1. The number of nitrogens with one attached hydrogen (secondary N) is 1. The summed E-state index contributed by atoms with van der Waals surface area (Å²) in [5, 5.41) is 3.30. The number of hydrogen-bond acceptors (Lipinski definition) is 4. The first-order valence-corrected chi connectivity index (χ1v) is 8.56. The Morgan fingerprint density at radius 3 is 2.62 bits per heavy atom. The molecule has 0 aliphatic carbocycles. The number of aromatic nitrogens is 1. The highest BCUT2D eigenvalue weighted by atomic mass is 15.2. The van der Waals surface area contributed by atoms with Gasteiger partial charge in [0.15, 0.2) is 0 Å². The second-order valence-electron chi connectivity index (χ2n) is 6.24. The zero-order chi connectivity index (χ0) is 14.5. The molecule has 2 saturated heterocycles. The highest BCUT2D eigenvalue weighted by Crippen LogP contribution is 2.25. The summed E-state index contributed by atoms with van der Waals surface area (Å²) in [6, 6.07) is 5.14. The van der Waals surface area contributed by atoms with Crippen molar-refractivity contribution in [3.8, 4) is 0 Å². The SMILES string of the molecule is CCNc1cc(N2CCC(N3CCCCC3)CC2)ccn1. The van der Waals surface area contributed by atoms with Crippen molar-refractivity contribution in [3.63, 3.8) is 0 Å². The van der Waals surface area contributed by atoms with E-state index < -0.39 is 0 Å². The van der Waals surface area contributed by atoms with Crippen molar-refractivity contribution in [2.75, 3.05) is 42.9 Å². The number of nitrogens with zero attached hydrogens (tertiary/aromatic N) is 3. The monoisotopic (exact) mass is 288 g/mol. The summed E-state index contributed by atoms with van der Waals surface area (Å²) in [7, 11) is 0. The smallest absolute Gasteiger partial charge is 0.127 e. The van der Waals surface area contributed by atoms with Crippen LogP contribution < -0.4 is 10.2 Å². The second-order valence-corrected chi connectivity index (χ2v) is 6.24. The van der Waals surface area contributed by atoms with Crippen LogP contribution in [0.5, 0.6) is 0 Å². The summed E-state index contributed by atoms with van der Waals surface area (Å²) in [6.07, 6.45) is 8.76. The molecule has 21 heavy (non-hydrogen) atoms. The Bertz CT molecular complexity index is 434. The Morgan fingerprint density at radius 1 is 1.14 bits per heavy atom. The van der Waals surface area contributed by atoms with E-state index in [1.807, 2.05) is 6.20 Å². The molecule has 1 aromatic heterocycles. The van der Waals surface area contributed by atoms with Crippen LogP contribution in [0.1, 0.15) is 39.0 Å². The van der Waals surface area contributed by atoms with Crippen LogP contribution in [0.4, 0.5) is 11.5 Å². The zero-order valence-corrected chi connectivity index (χ0v) is 13.2. The maximum absolute atomic E-state index is 4.37. The molecule has 2 fully saturated rings. The fourth-order valence-electron chi connectivity index (χ4n) is 3.67. The lowest BCUT2D eigenvalue weighted by atomic mass is 9.99. The van der Waals surface area contributed by atoms with Gasteiger partial charge in [-0.1, -0.05) is 6.42 Å². The lowest BCUT2D eigenvalue weighted by molar-refractivity contribution is 0.141. The third-order valence-electron chi connectivity index (χ3n) is 4.84. The quantitative estimate of drug-likeness (QED) is 0.923. The van der Waals surface area contributed by atoms with Crippen LogP contribution >= 0.6 is 0 Å². The highest BCUT2D eigenvalue weighted by Gasteiger charge is 2.25. The predicted molar refractivity (Wildman–Crippen MR) is 89.1 cm³/mol. The van der Waals surface area contributed by atoms with Gasteiger partial charge in [-0.2, -0.15) is 0 Å². The molecule has 0 amide bonds. The van der Waals surface area contributed by atoms with E-state index in [1.54, 1.807) is 0 Å². The average Bonchev–Trinajstić information content (AvgIpc) is 2.56. The number of rotatable bonds is 4. The molecule has 4 nitrogen and oxygen atoms in total. The Hall–Kier alpha value is -1.29. The van der Waals surface area contributed by atoms with Crippen molar-refractivity contribution in [1.29, 1.82) is 0 Å². The second kappa shape index (κ2) is 7.12. The fourth-order valence-corrected chi connectivity index (χ4v) is 3.67. The summed E-state index contributed by atoms with van der Waals surface area (Å²) >= 11 is 0. The largest absolute Gasteiger partial charge is 0.371 e. The van der Waals surface area contributed by atoms with Crippen molar-refractivity contribution in [2.45, 2.75) is 45.1 Å². The van der Waals surface area contributed by atoms with Gasteiger partial charge in [-0.3, -0.25) is 0 Å². The minimum absolute atomic E-state index is 0.816. The first-order valence-electron chi connectivity index (χ1n) is 8.56. The van der Waals surface area contributed by atoms with Gasteiger partial charge in [0.2, 0.25) is 0 Å². The summed E-state index contributed by atoms with van der Waals surface area (Å²) in [6.45, 7) is 8.04. The van der Waals surface area contributed by atoms with Gasteiger partial charge in [-0.25, -0.2) is 4.98 Å². The third kappa shape index (κ3) is 3.67. The molecule has 2 aliphatic rings. The molecule has 0 saturated carbocycles. The minimum Gasteiger partial charge on any atom is -0.371 e. The molecule has 4 heteroatoms. The van der Waals surface area contributed by atoms with Crippen LogP contribution in [0.3, 0.4) is 0 Å². The van der Waals surface area contributed by atoms with E-state index in [1.165, 1.54) is 64.0 Å². The lowest BCUT2D eigenvalue weighted by Gasteiger charge is -2.41. The molecule has 1 aromatic rings. The molecule has 0 bridgehead atoms. The topological polar surface area (TPSA) is 31.4 Å². The van der Waals surface area contributed by atoms with E-state index in [-0.39, 0.29) is 0 Å². The van der Waals surface area contributed by atoms with Crippen molar-refractivity contribution >= 4 is 11.5 Å². The third-order valence-corrected chi connectivity index (χ3v) is 4.84. The predicted octanol–water partition coefficient (Wildman–Crippen LogP) is 2.97. The maximum atomic E-state index is 4.37. The van der Waals surface area contributed by atoms with Crippen molar-refractivity contribution in [3.05, 3.63) is 18.3 Å². The van der Waals surface area contributed by atoms with Crippen molar-refractivity contribution < 1.29 is 0 Å². The molecular weight excluding hydrogens is 260 g/mol. The molecule has 116 valence electrons. The van der Waals surface area contributed by atoms with Crippen LogP contribution in [-0.4, -0.2) is 48.6 Å². The molecule has 3 heterocycles. The molecule has 1 N–H and O–H groups in total. The zero-order valence-electron chi connectivity index (χ0n) is 13.2. The Labute approximate surface area is 128 Å². The fraction of sp³-hybridized carbons (Fsp3) is 0.706. The van der Waals surface area contributed by atoms with Gasteiger partial charge in [0.1, 0.15) is 5.82 Å². The molecule has 0 aromatic carbocycles. The van der Waals surface area contributed by atoms with Crippen molar-refractivity contribution in [2.24, 2.45) is 0 Å². The molecule has 2 aliphatic heterocycles. The normalized spacial score (nSPS) is 21.5. The first-order chi connectivity index (χ1) is 10.4. The number of piperidine rings is 2. The molecule has 0 unspecified atom stereocenters. The minimum atomic E-state index is 0.816. The van der Waals surface area contributed by atoms with E-state index in [4.69, 9.17) is 0 Å². The average molecular weight is 288 g/mol. The summed E-state index contributed by atoms with van der Waals surface area (Å²) in [5.41, 5.74) is 1.32. The highest BCUT2D eigenvalue weighted by molar-refractivity contribution is 5.54. The van der Waals surface area contributed by atoms with Crippen LogP contribution in [-0.2, 0) is 0 Å². The summed E-state index contributed by atoms with van der Waals surface area (Å²) in [4.78, 5) is 9.62. The maximum Gasteiger partial charge on any atom is 0.127 e. The van der Waals surface area contributed by atoms with Crippen LogP contribution in [0.15, 0.2) is 18.3 Å². The van der Waals surface area contributed by atoms with Gasteiger partial charge in [0.25, 0.3) is 0 Å². The molecule has 0 spiro atoms. The van der Waals surface area contributed by atoms with Gasteiger partial charge in [0, 0.05) is 43.6 Å². The Kier molecular flexibility index (Phi) is 4.96. The molecule has 0 radical (unpaired) electrons.